The van der Waals surface area contributed by atoms with E-state index in [0.717, 1.165) is 4.53 Å². The summed E-state index contributed by atoms with van der Waals surface area (Å²) in [5.41, 5.74) is 2.82. The van der Waals surface area contributed by atoms with Crippen molar-refractivity contribution in [2.75, 3.05) is 0 Å². The Balaban J connectivity index is 2.59. The molecule has 2 heterocycles. The maximum absolute atomic E-state index is 11.4. The Morgan fingerprint density at radius 3 is 3.23 bits per heavy atom. The van der Waals surface area contributed by atoms with Crippen molar-refractivity contribution in [2.45, 2.75) is 0 Å². The summed E-state index contributed by atoms with van der Waals surface area (Å²) in [5, 5.41) is 0.711. The number of Topliss-reactive ketones (excluding diaryl/α,β-unsaturated/α-hetero) is 1. The highest BCUT2D eigenvalue weighted by Gasteiger charge is 2.22. The molecule has 2 aliphatic rings. The molecule has 0 atom stereocenters. The van der Waals surface area contributed by atoms with Gasteiger partial charge in [-0.05, 0) is 0 Å². The predicted molar refractivity (Wildman–Crippen MR) is 50.2 cm³/mol. The number of rotatable bonds is 0. The van der Waals surface area contributed by atoms with Crippen LogP contribution in [-0.2, 0) is 4.79 Å². The van der Waals surface area contributed by atoms with Crippen LogP contribution in [0.2, 0.25) is 0 Å². The molecule has 0 aromatic carbocycles. The van der Waals surface area contributed by atoms with E-state index >= 15 is 0 Å². The smallest absolute Gasteiger partial charge is 0.208 e. The normalized spacial score (nSPS) is 18.0. The molecule has 1 aliphatic carbocycles. The number of thiazole rings is 1. The Morgan fingerprint density at radius 2 is 2.31 bits per heavy atom. The fourth-order valence-electron chi connectivity index (χ4n) is 1.34. The molecular weight excluding hydrogens is 186 g/mol. The van der Waals surface area contributed by atoms with Gasteiger partial charge in [0.05, 0.1) is 15.4 Å². The summed E-state index contributed by atoms with van der Waals surface area (Å²) in [4.78, 5) is 23.4. The maximum Gasteiger partial charge on any atom is 0.208 e. The first-order valence-corrected chi connectivity index (χ1v) is 4.55. The number of hydrogen-bond acceptors (Lipinski definition) is 5. The van der Waals surface area contributed by atoms with Gasteiger partial charge in [0, 0.05) is 6.08 Å². The predicted octanol–water partition coefficient (Wildman–Crippen LogP) is -0.903. The first-order valence-electron chi connectivity index (χ1n) is 3.67. The molecule has 0 unspecified atom stereocenters. The van der Waals surface area contributed by atoms with Gasteiger partial charge in [0.1, 0.15) is 17.7 Å². The quantitative estimate of drug-likeness (QED) is 0.531. The van der Waals surface area contributed by atoms with E-state index in [4.69, 9.17) is 0 Å². The van der Waals surface area contributed by atoms with Gasteiger partial charge in [0.15, 0.2) is 0 Å². The first-order chi connectivity index (χ1) is 6.36. The number of hydrogen-bond donors (Lipinski definition) is 0. The topological polar surface area (TPSA) is 54.7 Å². The van der Waals surface area contributed by atoms with E-state index in [1.54, 1.807) is 5.51 Å². The number of carbonyl (C=O) groups is 1. The van der Waals surface area contributed by atoms with Gasteiger partial charge >= 0.3 is 0 Å². The van der Waals surface area contributed by atoms with Crippen molar-refractivity contribution >= 4 is 40.9 Å². The average Bonchev–Trinajstić information content (AvgIpc) is 2.66. The Kier molecular flexibility index (Phi) is 1.16. The lowest BCUT2D eigenvalue weighted by Gasteiger charge is -1.98. The monoisotopic (exact) mass is 189 g/mol. The summed E-state index contributed by atoms with van der Waals surface area (Å²) in [5.74, 6) is -0.106. The van der Waals surface area contributed by atoms with Crippen molar-refractivity contribution in [1.82, 2.24) is 4.98 Å². The zero-order valence-electron chi connectivity index (χ0n) is 6.39. The van der Waals surface area contributed by atoms with Crippen LogP contribution in [0.3, 0.4) is 0 Å². The van der Waals surface area contributed by atoms with Gasteiger partial charge in [-0.15, -0.1) is 11.3 Å². The molecule has 0 fully saturated rings. The summed E-state index contributed by atoms with van der Waals surface area (Å²) >= 11 is 1.48. The second-order valence-electron chi connectivity index (χ2n) is 2.65. The third-order valence-corrected chi connectivity index (χ3v) is 2.76. The number of fused-ring (bicyclic) bond motifs is 2. The van der Waals surface area contributed by atoms with Crippen molar-refractivity contribution in [3.8, 4) is 0 Å². The van der Waals surface area contributed by atoms with Gasteiger partial charge in [0.2, 0.25) is 5.78 Å². The third kappa shape index (κ3) is 0.790. The molecule has 0 spiro atoms. The molecular formula is C8H3N3OS. The number of aliphatic imine (C=N–C) groups is 2. The van der Waals surface area contributed by atoms with Crippen LogP contribution in [0.25, 0.3) is 11.8 Å². The second kappa shape index (κ2) is 2.20. The van der Waals surface area contributed by atoms with Gasteiger partial charge in [-0.3, -0.25) is 4.79 Å². The minimum atomic E-state index is -0.106. The minimum Gasteiger partial charge on any atom is -0.287 e. The molecule has 0 radical (unpaired) electrons. The Bertz CT molecular complexity index is 579. The average molecular weight is 189 g/mol. The van der Waals surface area contributed by atoms with Crippen molar-refractivity contribution < 1.29 is 4.79 Å². The summed E-state index contributed by atoms with van der Waals surface area (Å²) in [6, 6.07) is 0. The van der Waals surface area contributed by atoms with E-state index in [1.807, 2.05) is 0 Å². The minimum absolute atomic E-state index is 0.106. The second-order valence-corrected chi connectivity index (χ2v) is 3.50. The summed E-state index contributed by atoms with van der Waals surface area (Å²) in [6.07, 6.45) is 2.91. The fourth-order valence-corrected chi connectivity index (χ4v) is 2.11. The van der Waals surface area contributed by atoms with E-state index in [2.05, 4.69) is 15.0 Å². The number of aromatic nitrogens is 1. The van der Waals surface area contributed by atoms with Crippen molar-refractivity contribution in [3.63, 3.8) is 0 Å². The molecule has 3 rings (SSSR count). The van der Waals surface area contributed by atoms with Crippen LogP contribution in [0.15, 0.2) is 15.5 Å². The van der Waals surface area contributed by atoms with Crippen LogP contribution < -0.4 is 9.88 Å². The van der Waals surface area contributed by atoms with Gasteiger partial charge in [-0.1, -0.05) is 0 Å². The molecule has 0 N–H and O–H groups in total. The Morgan fingerprint density at radius 1 is 1.38 bits per heavy atom. The van der Waals surface area contributed by atoms with E-state index < -0.39 is 0 Å². The number of ketones is 1. The van der Waals surface area contributed by atoms with Crippen LogP contribution in [-0.4, -0.2) is 22.8 Å². The molecule has 5 heteroatoms. The molecule has 0 bridgehead atoms. The molecule has 0 saturated heterocycles. The van der Waals surface area contributed by atoms with E-state index in [1.165, 1.54) is 23.8 Å². The summed E-state index contributed by atoms with van der Waals surface area (Å²) in [7, 11) is 0. The third-order valence-electron chi connectivity index (χ3n) is 1.91. The first kappa shape index (κ1) is 6.85. The van der Waals surface area contributed by atoms with Gasteiger partial charge in [-0.2, -0.15) is 0 Å². The van der Waals surface area contributed by atoms with E-state index in [9.17, 15) is 4.79 Å². The van der Waals surface area contributed by atoms with E-state index in [0.29, 0.717) is 16.8 Å². The number of carbonyl (C=O) groups excluding carboxylic acids is 1. The molecule has 4 nitrogen and oxygen atoms in total. The molecule has 1 aromatic heterocycles. The lowest BCUT2D eigenvalue weighted by atomic mass is 10.1. The van der Waals surface area contributed by atoms with Crippen molar-refractivity contribution in [1.29, 1.82) is 0 Å². The molecule has 62 valence electrons. The van der Waals surface area contributed by atoms with Gasteiger partial charge in [0.25, 0.3) is 0 Å². The van der Waals surface area contributed by atoms with Crippen LogP contribution in [0.1, 0.15) is 0 Å². The van der Waals surface area contributed by atoms with Crippen molar-refractivity contribution in [2.24, 2.45) is 9.98 Å². The maximum atomic E-state index is 11.4. The Labute approximate surface area is 76.7 Å². The largest absolute Gasteiger partial charge is 0.287 e. The highest BCUT2D eigenvalue weighted by atomic mass is 32.1. The SMILES string of the molecule is O=C1C=c2ncsc2=C2N=CN=C12. The zero-order chi connectivity index (χ0) is 8.84. The van der Waals surface area contributed by atoms with Gasteiger partial charge in [-0.25, -0.2) is 15.0 Å². The lowest BCUT2D eigenvalue weighted by Crippen LogP contribution is -2.33. The number of nitrogens with zero attached hydrogens (tertiary/aromatic N) is 3. The molecule has 0 saturated carbocycles. The standard InChI is InChI=1S/C8H3N3OS/c12-5-1-4-8(13-3-11-4)7-6(5)9-2-10-7/h1-3H. The highest BCUT2D eigenvalue weighted by molar-refractivity contribution is 7.08. The van der Waals surface area contributed by atoms with Crippen LogP contribution in [0.4, 0.5) is 0 Å². The fraction of sp³-hybridized carbons (Fsp3) is 0. The van der Waals surface area contributed by atoms with Crippen LogP contribution in [0.5, 0.6) is 0 Å². The van der Waals surface area contributed by atoms with Crippen LogP contribution >= 0.6 is 11.3 Å². The zero-order valence-corrected chi connectivity index (χ0v) is 7.21. The van der Waals surface area contributed by atoms with Crippen molar-refractivity contribution in [3.05, 3.63) is 15.4 Å². The summed E-state index contributed by atoms with van der Waals surface area (Å²) in [6.45, 7) is 0. The Hall–Kier alpha value is -1.62. The highest BCUT2D eigenvalue weighted by Crippen LogP contribution is 2.09. The molecule has 1 aromatic rings. The van der Waals surface area contributed by atoms with Gasteiger partial charge < -0.3 is 0 Å². The summed E-state index contributed by atoms with van der Waals surface area (Å²) < 4.78 is 0.937. The molecule has 1 aliphatic heterocycles. The lowest BCUT2D eigenvalue weighted by molar-refractivity contribution is -0.107. The van der Waals surface area contributed by atoms with E-state index in [-0.39, 0.29) is 5.78 Å². The molecule has 13 heavy (non-hydrogen) atoms. The van der Waals surface area contributed by atoms with Crippen LogP contribution in [0, 0.1) is 0 Å². The molecule has 0 amide bonds.